The lowest BCUT2D eigenvalue weighted by Gasteiger charge is -2.45. The van der Waals surface area contributed by atoms with E-state index in [1.807, 2.05) is 17.6 Å². The van der Waals surface area contributed by atoms with E-state index < -0.39 is 0 Å². The van der Waals surface area contributed by atoms with Crippen LogP contribution in [-0.4, -0.2) is 75.3 Å². The molecule has 4 rings (SSSR count). The lowest BCUT2D eigenvalue weighted by Crippen LogP contribution is -2.65. The van der Waals surface area contributed by atoms with E-state index >= 15 is 0 Å². The summed E-state index contributed by atoms with van der Waals surface area (Å²) in [4.78, 5) is 34.4. The fraction of sp³-hybridized carbons (Fsp3) is 0.438. The van der Waals surface area contributed by atoms with E-state index in [1.54, 1.807) is 29.5 Å². The van der Waals surface area contributed by atoms with Crippen molar-refractivity contribution in [3.63, 3.8) is 0 Å². The van der Waals surface area contributed by atoms with Crippen LogP contribution in [0.25, 0.3) is 5.13 Å². The van der Waals surface area contributed by atoms with Gasteiger partial charge in [0.25, 0.3) is 0 Å². The topological polar surface area (TPSA) is 61.7 Å². The van der Waals surface area contributed by atoms with Gasteiger partial charge in [-0.1, -0.05) is 0 Å². The van der Waals surface area contributed by atoms with Crippen LogP contribution in [0.5, 0.6) is 0 Å². The molecule has 2 saturated heterocycles. The molecule has 0 radical (unpaired) electrons. The van der Waals surface area contributed by atoms with Gasteiger partial charge in [-0.05, 0) is 12.1 Å². The van der Waals surface area contributed by atoms with Crippen molar-refractivity contribution < 1.29 is 9.59 Å². The van der Waals surface area contributed by atoms with Crippen LogP contribution in [0, 0.1) is 0 Å². The van der Waals surface area contributed by atoms with Crippen molar-refractivity contribution in [1.29, 1.82) is 0 Å². The molecule has 0 bridgehead atoms. The Labute approximate surface area is 144 Å². The Balaban J connectivity index is 1.50. The molecular formula is C16H19N5O2S. The number of aromatic nitrogens is 2. The number of amides is 2. The summed E-state index contributed by atoms with van der Waals surface area (Å²) in [6, 6.07) is 3.73. The fourth-order valence-electron chi connectivity index (χ4n) is 3.41. The molecule has 2 aliphatic heterocycles. The number of fused-ring (bicyclic) bond motifs is 1. The first-order chi connectivity index (χ1) is 11.6. The van der Waals surface area contributed by atoms with Gasteiger partial charge in [-0.15, -0.1) is 11.3 Å². The highest BCUT2D eigenvalue weighted by Gasteiger charge is 2.41. The van der Waals surface area contributed by atoms with Crippen LogP contribution >= 0.6 is 11.3 Å². The van der Waals surface area contributed by atoms with Gasteiger partial charge in [0.2, 0.25) is 11.8 Å². The zero-order valence-corrected chi connectivity index (χ0v) is 14.3. The third-order valence-corrected chi connectivity index (χ3v) is 5.43. The molecule has 0 N–H and O–H groups in total. The molecule has 0 saturated carbocycles. The minimum absolute atomic E-state index is 0.0367. The molecule has 0 aliphatic carbocycles. The lowest BCUT2D eigenvalue weighted by atomic mass is 10.1. The van der Waals surface area contributed by atoms with Crippen molar-refractivity contribution in [3.8, 4) is 5.13 Å². The van der Waals surface area contributed by atoms with Crippen LogP contribution in [0.4, 0.5) is 0 Å². The highest BCUT2D eigenvalue weighted by atomic mass is 32.1. The van der Waals surface area contributed by atoms with Gasteiger partial charge in [-0.25, -0.2) is 4.98 Å². The number of thiazole rings is 1. The molecule has 2 fully saturated rings. The van der Waals surface area contributed by atoms with Gasteiger partial charge in [0.15, 0.2) is 5.13 Å². The third-order valence-electron chi connectivity index (χ3n) is 4.66. The summed E-state index contributed by atoms with van der Waals surface area (Å²) in [6.45, 7) is 2.91. The van der Waals surface area contributed by atoms with Gasteiger partial charge in [0, 0.05) is 56.7 Å². The monoisotopic (exact) mass is 345 g/mol. The lowest BCUT2D eigenvalue weighted by molar-refractivity contribution is -0.158. The average Bonchev–Trinajstić information content (AvgIpc) is 3.23. The zero-order valence-electron chi connectivity index (χ0n) is 13.5. The molecular weight excluding hydrogens is 326 g/mol. The molecule has 8 heteroatoms. The number of rotatable bonds is 3. The highest BCUT2D eigenvalue weighted by molar-refractivity contribution is 7.12. The quantitative estimate of drug-likeness (QED) is 0.809. The number of likely N-dealkylation sites (N-methyl/N-ethyl adjacent to an activating group) is 1. The molecule has 4 heterocycles. The summed E-state index contributed by atoms with van der Waals surface area (Å²) in [5.41, 5.74) is 1.14. The normalized spacial score (nSPS) is 22.1. The average molecular weight is 345 g/mol. The Hall–Kier alpha value is -2.19. The van der Waals surface area contributed by atoms with Crippen molar-refractivity contribution in [2.45, 2.75) is 12.6 Å². The van der Waals surface area contributed by atoms with Crippen LogP contribution in [0.3, 0.4) is 0 Å². The van der Waals surface area contributed by atoms with Crippen LogP contribution in [0.15, 0.2) is 29.9 Å². The van der Waals surface area contributed by atoms with E-state index in [-0.39, 0.29) is 24.4 Å². The number of carbonyl (C=O) groups is 2. The second-order valence-corrected chi connectivity index (χ2v) is 7.09. The number of hydrogen-bond donors (Lipinski definition) is 0. The Bertz CT molecular complexity index is 756. The molecule has 0 spiro atoms. The van der Waals surface area contributed by atoms with Crippen molar-refractivity contribution in [1.82, 2.24) is 24.3 Å². The molecule has 0 aromatic carbocycles. The first-order valence-corrected chi connectivity index (χ1v) is 8.84. The number of nitrogens with zero attached hydrogens (tertiary/aromatic N) is 5. The zero-order chi connectivity index (χ0) is 16.7. The minimum Gasteiger partial charge on any atom is -0.335 e. The maximum atomic E-state index is 12.4. The third kappa shape index (κ3) is 2.61. The van der Waals surface area contributed by atoms with Crippen LogP contribution < -0.4 is 0 Å². The van der Waals surface area contributed by atoms with Crippen molar-refractivity contribution in [3.05, 3.63) is 35.6 Å². The Morgan fingerprint density at radius 1 is 1.33 bits per heavy atom. The predicted octanol–water partition coefficient (Wildman–Crippen LogP) is 0.419. The van der Waals surface area contributed by atoms with Gasteiger partial charge in [-0.3, -0.25) is 19.1 Å². The van der Waals surface area contributed by atoms with Crippen molar-refractivity contribution >= 4 is 23.2 Å². The maximum Gasteiger partial charge on any atom is 0.246 e. The number of piperazine rings is 2. The van der Waals surface area contributed by atoms with Gasteiger partial charge < -0.3 is 9.80 Å². The van der Waals surface area contributed by atoms with E-state index in [0.29, 0.717) is 13.1 Å². The minimum atomic E-state index is -0.353. The van der Waals surface area contributed by atoms with E-state index in [0.717, 1.165) is 23.9 Å². The van der Waals surface area contributed by atoms with Crippen molar-refractivity contribution in [2.75, 3.05) is 33.2 Å². The molecule has 24 heavy (non-hydrogen) atoms. The second kappa shape index (κ2) is 6.03. The Morgan fingerprint density at radius 2 is 2.21 bits per heavy atom. The molecule has 2 aromatic heterocycles. The summed E-state index contributed by atoms with van der Waals surface area (Å²) in [7, 11) is 1.70. The van der Waals surface area contributed by atoms with E-state index in [2.05, 4.69) is 20.5 Å². The van der Waals surface area contributed by atoms with Crippen LogP contribution in [-0.2, 0) is 16.1 Å². The first-order valence-electron chi connectivity index (χ1n) is 7.96. The summed E-state index contributed by atoms with van der Waals surface area (Å²) < 4.78 is 2.08. The molecule has 0 unspecified atom stereocenters. The van der Waals surface area contributed by atoms with E-state index in [4.69, 9.17) is 0 Å². The smallest absolute Gasteiger partial charge is 0.246 e. The number of carbonyl (C=O) groups excluding carboxylic acids is 2. The Kier molecular flexibility index (Phi) is 3.85. The molecule has 7 nitrogen and oxygen atoms in total. The standard InChI is InChI=1S/C16H19N5O2S/c1-18-11-14(22)21-7-6-19(10-13(21)15(18)23)9-12-3-2-5-20(12)16-17-4-8-24-16/h2-5,8,13H,6-7,9-11H2,1H3/t13-/m0/s1. The molecule has 1 atom stereocenters. The number of hydrogen-bond acceptors (Lipinski definition) is 5. The van der Waals surface area contributed by atoms with Crippen LogP contribution in [0.2, 0.25) is 0 Å². The summed E-state index contributed by atoms with van der Waals surface area (Å²) in [5.74, 6) is 0.0857. The molecule has 2 aromatic rings. The van der Waals surface area contributed by atoms with Gasteiger partial charge in [-0.2, -0.15) is 0 Å². The summed E-state index contributed by atoms with van der Waals surface area (Å²) in [6.07, 6.45) is 3.80. The van der Waals surface area contributed by atoms with Crippen LogP contribution in [0.1, 0.15) is 5.69 Å². The van der Waals surface area contributed by atoms with Gasteiger partial charge >= 0.3 is 0 Å². The summed E-state index contributed by atoms with van der Waals surface area (Å²) in [5, 5.41) is 2.90. The molecule has 126 valence electrons. The molecule has 2 aliphatic rings. The van der Waals surface area contributed by atoms with E-state index in [1.165, 1.54) is 4.90 Å². The van der Waals surface area contributed by atoms with Gasteiger partial charge in [0.1, 0.15) is 6.04 Å². The first kappa shape index (κ1) is 15.3. The van der Waals surface area contributed by atoms with Gasteiger partial charge in [0.05, 0.1) is 6.54 Å². The fourth-order valence-corrected chi connectivity index (χ4v) is 4.07. The highest BCUT2D eigenvalue weighted by Crippen LogP contribution is 2.21. The maximum absolute atomic E-state index is 12.4. The van der Waals surface area contributed by atoms with Crippen molar-refractivity contribution in [2.24, 2.45) is 0 Å². The molecule has 2 amide bonds. The predicted molar refractivity (Wildman–Crippen MR) is 89.9 cm³/mol. The largest absolute Gasteiger partial charge is 0.335 e. The Morgan fingerprint density at radius 3 is 3.00 bits per heavy atom. The van der Waals surface area contributed by atoms with E-state index in [9.17, 15) is 9.59 Å². The second-order valence-electron chi connectivity index (χ2n) is 6.22. The summed E-state index contributed by atoms with van der Waals surface area (Å²) >= 11 is 1.60. The SMILES string of the molecule is CN1CC(=O)N2CCN(Cc3cccn3-c3nccs3)C[C@H]2C1=O.